The zero-order chi connectivity index (χ0) is 13.1. The van der Waals surface area contributed by atoms with E-state index in [0.717, 1.165) is 0 Å². The summed E-state index contributed by atoms with van der Waals surface area (Å²) in [6, 6.07) is 9.38. The molecule has 0 fully saturated rings. The molecule has 0 atom stereocenters. The number of pyridine rings is 1. The SMILES string of the molecule is NCc1ccc(-c2cccc([N+](=O)[O-])c2)[nH]c1=O. The van der Waals surface area contributed by atoms with Crippen LogP contribution in [0.25, 0.3) is 11.3 Å². The van der Waals surface area contributed by atoms with Crippen LogP contribution >= 0.6 is 0 Å². The van der Waals surface area contributed by atoms with Crippen LogP contribution in [0.4, 0.5) is 5.69 Å². The lowest BCUT2D eigenvalue weighted by Gasteiger charge is -2.03. The first kappa shape index (κ1) is 12.0. The molecule has 92 valence electrons. The van der Waals surface area contributed by atoms with Crippen LogP contribution in [0.3, 0.4) is 0 Å². The van der Waals surface area contributed by atoms with E-state index in [1.165, 1.54) is 12.1 Å². The number of hydrogen-bond acceptors (Lipinski definition) is 4. The number of benzene rings is 1. The van der Waals surface area contributed by atoms with Gasteiger partial charge in [-0.1, -0.05) is 18.2 Å². The summed E-state index contributed by atoms with van der Waals surface area (Å²) in [5.74, 6) is 0. The van der Waals surface area contributed by atoms with Crippen molar-refractivity contribution in [2.45, 2.75) is 6.54 Å². The molecule has 0 aliphatic heterocycles. The lowest BCUT2D eigenvalue weighted by atomic mass is 10.1. The first-order chi connectivity index (χ1) is 8.61. The average molecular weight is 245 g/mol. The highest BCUT2D eigenvalue weighted by Crippen LogP contribution is 2.21. The van der Waals surface area contributed by atoms with Crippen LogP contribution in [0.2, 0.25) is 0 Å². The molecule has 0 saturated heterocycles. The Hall–Kier alpha value is -2.47. The monoisotopic (exact) mass is 245 g/mol. The zero-order valence-corrected chi connectivity index (χ0v) is 9.42. The van der Waals surface area contributed by atoms with Crippen molar-refractivity contribution in [3.8, 4) is 11.3 Å². The number of hydrogen-bond donors (Lipinski definition) is 2. The smallest absolute Gasteiger partial charge is 0.270 e. The fraction of sp³-hybridized carbons (Fsp3) is 0.0833. The molecule has 0 bridgehead atoms. The Balaban J connectivity index is 2.49. The number of nitro benzene ring substituents is 1. The normalized spacial score (nSPS) is 10.3. The minimum absolute atomic E-state index is 0.0174. The molecular formula is C12H11N3O3. The second-order valence-corrected chi connectivity index (χ2v) is 3.74. The number of H-pyrrole nitrogens is 1. The van der Waals surface area contributed by atoms with Crippen molar-refractivity contribution in [2.75, 3.05) is 0 Å². The highest BCUT2D eigenvalue weighted by atomic mass is 16.6. The molecule has 1 aromatic heterocycles. The number of nitrogens with zero attached hydrogens (tertiary/aromatic N) is 1. The molecule has 0 spiro atoms. The molecule has 1 aromatic carbocycles. The van der Waals surface area contributed by atoms with Crippen molar-refractivity contribution >= 4 is 5.69 Å². The lowest BCUT2D eigenvalue weighted by Crippen LogP contribution is -2.15. The van der Waals surface area contributed by atoms with E-state index < -0.39 is 4.92 Å². The summed E-state index contributed by atoms with van der Waals surface area (Å²) in [5, 5.41) is 10.7. The molecule has 3 N–H and O–H groups in total. The van der Waals surface area contributed by atoms with Crippen LogP contribution < -0.4 is 11.3 Å². The summed E-state index contributed by atoms with van der Waals surface area (Å²) < 4.78 is 0. The van der Waals surface area contributed by atoms with Crippen LogP contribution in [0, 0.1) is 10.1 Å². The first-order valence-corrected chi connectivity index (χ1v) is 5.29. The molecular weight excluding hydrogens is 234 g/mol. The molecule has 0 saturated carbocycles. The lowest BCUT2D eigenvalue weighted by molar-refractivity contribution is -0.384. The Morgan fingerprint density at radius 2 is 2.06 bits per heavy atom. The molecule has 0 radical (unpaired) electrons. The molecule has 0 amide bonds. The average Bonchev–Trinajstić information content (AvgIpc) is 2.38. The van der Waals surface area contributed by atoms with Crippen LogP contribution in [0.5, 0.6) is 0 Å². The zero-order valence-electron chi connectivity index (χ0n) is 9.42. The maximum atomic E-state index is 11.6. The Morgan fingerprint density at radius 3 is 2.67 bits per heavy atom. The highest BCUT2D eigenvalue weighted by molar-refractivity contribution is 5.62. The number of nitro groups is 1. The number of non-ortho nitro benzene ring substituents is 1. The van der Waals surface area contributed by atoms with Crippen molar-refractivity contribution in [3.63, 3.8) is 0 Å². The second-order valence-electron chi connectivity index (χ2n) is 3.74. The van der Waals surface area contributed by atoms with E-state index in [4.69, 9.17) is 5.73 Å². The summed E-state index contributed by atoms with van der Waals surface area (Å²) in [7, 11) is 0. The quantitative estimate of drug-likeness (QED) is 0.630. The van der Waals surface area contributed by atoms with Crippen molar-refractivity contribution in [1.82, 2.24) is 4.98 Å². The van der Waals surface area contributed by atoms with Gasteiger partial charge in [0.05, 0.1) is 4.92 Å². The van der Waals surface area contributed by atoms with Gasteiger partial charge >= 0.3 is 0 Å². The van der Waals surface area contributed by atoms with Gasteiger partial charge in [-0.2, -0.15) is 0 Å². The third-order valence-corrected chi connectivity index (χ3v) is 2.58. The predicted molar refractivity (Wildman–Crippen MR) is 67.0 cm³/mol. The largest absolute Gasteiger partial charge is 0.326 e. The minimum Gasteiger partial charge on any atom is -0.326 e. The molecule has 0 unspecified atom stereocenters. The number of nitrogens with two attached hydrogens (primary N) is 1. The Bertz CT molecular complexity index is 649. The van der Waals surface area contributed by atoms with E-state index in [1.807, 2.05) is 0 Å². The van der Waals surface area contributed by atoms with Crippen LogP contribution in [-0.4, -0.2) is 9.91 Å². The fourth-order valence-electron chi connectivity index (χ4n) is 1.62. The predicted octanol–water partition coefficient (Wildman–Crippen LogP) is 1.41. The van der Waals surface area contributed by atoms with Gasteiger partial charge in [0, 0.05) is 35.5 Å². The van der Waals surface area contributed by atoms with Crippen molar-refractivity contribution in [1.29, 1.82) is 0 Å². The molecule has 6 heteroatoms. The first-order valence-electron chi connectivity index (χ1n) is 5.29. The summed E-state index contributed by atoms with van der Waals surface area (Å²) in [6.07, 6.45) is 0. The van der Waals surface area contributed by atoms with E-state index >= 15 is 0 Å². The number of nitrogens with one attached hydrogen (secondary N) is 1. The molecule has 2 aromatic rings. The molecule has 0 aliphatic rings. The summed E-state index contributed by atoms with van der Waals surface area (Å²) in [6.45, 7) is 0.157. The van der Waals surface area contributed by atoms with Gasteiger partial charge in [0.2, 0.25) is 0 Å². The van der Waals surface area contributed by atoms with E-state index in [2.05, 4.69) is 4.98 Å². The Kier molecular flexibility index (Phi) is 3.20. The molecule has 0 aliphatic carbocycles. The molecule has 1 heterocycles. The minimum atomic E-state index is -0.476. The van der Waals surface area contributed by atoms with Gasteiger partial charge in [-0.05, 0) is 6.07 Å². The van der Waals surface area contributed by atoms with Crippen molar-refractivity contribution < 1.29 is 4.92 Å². The molecule has 18 heavy (non-hydrogen) atoms. The van der Waals surface area contributed by atoms with Gasteiger partial charge in [-0.25, -0.2) is 0 Å². The van der Waals surface area contributed by atoms with Crippen molar-refractivity contribution in [3.05, 3.63) is 62.4 Å². The van der Waals surface area contributed by atoms with Gasteiger partial charge in [-0.3, -0.25) is 14.9 Å². The van der Waals surface area contributed by atoms with Gasteiger partial charge in [0.25, 0.3) is 11.2 Å². The highest BCUT2D eigenvalue weighted by Gasteiger charge is 2.08. The summed E-state index contributed by atoms with van der Waals surface area (Å²) in [5.41, 5.74) is 6.69. The third-order valence-electron chi connectivity index (χ3n) is 2.58. The van der Waals surface area contributed by atoms with E-state index in [-0.39, 0.29) is 17.8 Å². The maximum absolute atomic E-state index is 11.6. The van der Waals surface area contributed by atoms with Gasteiger partial charge in [0.1, 0.15) is 0 Å². The Morgan fingerprint density at radius 1 is 1.28 bits per heavy atom. The third kappa shape index (κ3) is 2.28. The van der Waals surface area contributed by atoms with E-state index in [0.29, 0.717) is 16.8 Å². The van der Waals surface area contributed by atoms with E-state index in [9.17, 15) is 14.9 Å². The van der Waals surface area contributed by atoms with Crippen LogP contribution in [0.1, 0.15) is 5.56 Å². The van der Waals surface area contributed by atoms with Gasteiger partial charge < -0.3 is 10.7 Å². The molecule has 2 rings (SSSR count). The van der Waals surface area contributed by atoms with Gasteiger partial charge in [-0.15, -0.1) is 0 Å². The number of rotatable bonds is 3. The number of aromatic amines is 1. The topological polar surface area (TPSA) is 102 Å². The Labute approximate surface area is 102 Å². The summed E-state index contributed by atoms with van der Waals surface area (Å²) in [4.78, 5) is 24.4. The van der Waals surface area contributed by atoms with E-state index in [1.54, 1.807) is 24.3 Å². The molecule has 6 nitrogen and oxygen atoms in total. The van der Waals surface area contributed by atoms with Gasteiger partial charge in [0.15, 0.2) is 0 Å². The maximum Gasteiger partial charge on any atom is 0.270 e. The second kappa shape index (κ2) is 4.80. The standard InChI is InChI=1S/C12H11N3O3/c13-7-9-4-5-11(14-12(9)16)8-2-1-3-10(6-8)15(17)18/h1-6H,7,13H2,(H,14,16). The number of aromatic nitrogens is 1. The van der Waals surface area contributed by atoms with Crippen LogP contribution in [-0.2, 0) is 6.54 Å². The van der Waals surface area contributed by atoms with Crippen molar-refractivity contribution in [2.24, 2.45) is 5.73 Å². The van der Waals surface area contributed by atoms with Crippen LogP contribution in [0.15, 0.2) is 41.2 Å². The fourth-order valence-corrected chi connectivity index (χ4v) is 1.62. The summed E-state index contributed by atoms with van der Waals surface area (Å²) >= 11 is 0.